The van der Waals surface area contributed by atoms with Gasteiger partial charge >= 0.3 is 0 Å². The summed E-state index contributed by atoms with van der Waals surface area (Å²) in [4.78, 5) is 10.6. The predicted octanol–water partition coefficient (Wildman–Crippen LogP) is 15.4. The highest BCUT2D eigenvalue weighted by molar-refractivity contribution is 6.37. The van der Waals surface area contributed by atoms with Gasteiger partial charge in [0.05, 0.1) is 11.4 Å². The van der Waals surface area contributed by atoms with Gasteiger partial charge in [-0.1, -0.05) is 158 Å². The lowest BCUT2D eigenvalue weighted by atomic mass is 9.87. The molecule has 0 fully saturated rings. The lowest BCUT2D eigenvalue weighted by Gasteiger charge is -2.17. The van der Waals surface area contributed by atoms with Crippen molar-refractivity contribution in [3.8, 4) is 45.0 Å². The average Bonchev–Trinajstić information content (AvgIpc) is 3.69. The van der Waals surface area contributed by atoms with Gasteiger partial charge in [-0.15, -0.1) is 0 Å². The molecule has 59 heavy (non-hydrogen) atoms. The number of rotatable bonds is 4. The van der Waals surface area contributed by atoms with Crippen LogP contribution in [0, 0.1) is 0 Å². The Balaban J connectivity index is 1.09. The van der Waals surface area contributed by atoms with Gasteiger partial charge in [0.25, 0.3) is 0 Å². The fourth-order valence-electron chi connectivity index (χ4n) is 9.75. The van der Waals surface area contributed by atoms with Crippen molar-refractivity contribution in [2.24, 2.45) is 0 Å². The van der Waals surface area contributed by atoms with Crippen LogP contribution in [0.4, 0.5) is 0 Å². The normalized spacial score (nSPS) is 12.1. The molecule has 0 aliphatic heterocycles. The number of hydrogen-bond donors (Lipinski definition) is 0. The number of nitrogens with zero attached hydrogens (tertiary/aromatic N) is 2. The number of para-hydroxylation sites is 1. The summed E-state index contributed by atoms with van der Waals surface area (Å²) in [5.41, 5.74) is 8.79. The Morgan fingerprint density at radius 1 is 0.288 bits per heavy atom. The Labute approximate surface area is 338 Å². The van der Waals surface area contributed by atoms with E-state index in [1.807, 2.05) is 18.2 Å². The van der Waals surface area contributed by atoms with Gasteiger partial charge in [-0.3, -0.25) is 0 Å². The van der Waals surface area contributed by atoms with Crippen LogP contribution in [0.25, 0.3) is 132 Å². The molecule has 0 aliphatic carbocycles. The zero-order valence-corrected chi connectivity index (χ0v) is 31.8. The summed E-state index contributed by atoms with van der Waals surface area (Å²) >= 11 is 0. The van der Waals surface area contributed by atoms with Gasteiger partial charge in [0.2, 0.25) is 0 Å². The second-order valence-corrected chi connectivity index (χ2v) is 15.6. The molecule has 0 amide bonds. The number of fused-ring (bicyclic) bond motifs is 5. The number of benzene rings is 10. The van der Waals surface area contributed by atoms with E-state index in [9.17, 15) is 0 Å². The molecular weight excluding hydrogens is 717 g/mol. The fourth-order valence-corrected chi connectivity index (χ4v) is 9.75. The molecule has 2 aromatic heterocycles. The second kappa shape index (κ2) is 12.3. The van der Waals surface area contributed by atoms with Crippen molar-refractivity contribution in [2.45, 2.75) is 0 Å². The topological polar surface area (TPSA) is 38.9 Å². The number of furan rings is 1. The van der Waals surface area contributed by atoms with Gasteiger partial charge in [-0.2, -0.15) is 0 Å². The van der Waals surface area contributed by atoms with Crippen LogP contribution in [0.3, 0.4) is 0 Å². The third-order valence-corrected chi connectivity index (χ3v) is 12.3. The van der Waals surface area contributed by atoms with Crippen LogP contribution in [-0.2, 0) is 0 Å². The fraction of sp³-hybridized carbons (Fsp3) is 0. The maximum atomic E-state index is 6.28. The quantitative estimate of drug-likeness (QED) is 0.168. The molecule has 0 spiro atoms. The Bertz CT molecular complexity index is 3840. The highest BCUT2D eigenvalue weighted by Gasteiger charge is 2.19. The first-order chi connectivity index (χ1) is 29.2. The van der Waals surface area contributed by atoms with E-state index in [1.165, 1.54) is 64.6 Å². The summed E-state index contributed by atoms with van der Waals surface area (Å²) in [5.74, 6) is 0.691. The molecule has 3 nitrogen and oxygen atoms in total. The largest absolute Gasteiger partial charge is 0.456 e. The van der Waals surface area contributed by atoms with Crippen LogP contribution in [-0.4, -0.2) is 9.97 Å². The van der Waals surface area contributed by atoms with Crippen LogP contribution < -0.4 is 0 Å². The second-order valence-electron chi connectivity index (χ2n) is 15.6. The Hall–Kier alpha value is -7.88. The van der Waals surface area contributed by atoms with E-state index in [1.54, 1.807) is 0 Å². The summed E-state index contributed by atoms with van der Waals surface area (Å²) in [7, 11) is 0. The lowest BCUT2D eigenvalue weighted by Crippen LogP contribution is -1.96. The molecule has 13 aromatic rings. The van der Waals surface area contributed by atoms with E-state index in [0.29, 0.717) is 5.82 Å². The van der Waals surface area contributed by atoms with Crippen molar-refractivity contribution in [2.75, 3.05) is 0 Å². The third kappa shape index (κ3) is 4.82. The van der Waals surface area contributed by atoms with E-state index in [4.69, 9.17) is 14.4 Å². The highest BCUT2D eigenvalue weighted by Crippen LogP contribution is 2.45. The number of aromatic nitrogens is 2. The molecule has 0 N–H and O–H groups in total. The predicted molar refractivity (Wildman–Crippen MR) is 247 cm³/mol. The Morgan fingerprint density at radius 2 is 0.814 bits per heavy atom. The summed E-state index contributed by atoms with van der Waals surface area (Å²) in [5, 5.41) is 17.3. The minimum Gasteiger partial charge on any atom is -0.456 e. The third-order valence-electron chi connectivity index (χ3n) is 12.3. The van der Waals surface area contributed by atoms with E-state index in [0.717, 1.165) is 61.1 Å². The maximum Gasteiger partial charge on any atom is 0.160 e. The monoisotopic (exact) mass is 748 g/mol. The van der Waals surface area contributed by atoms with Crippen molar-refractivity contribution < 1.29 is 4.42 Å². The first-order valence-electron chi connectivity index (χ1n) is 20.1. The number of hydrogen-bond acceptors (Lipinski definition) is 3. The molecule has 0 unspecified atom stereocenters. The highest BCUT2D eigenvalue weighted by atomic mass is 16.3. The van der Waals surface area contributed by atoms with Crippen LogP contribution in [0.15, 0.2) is 199 Å². The van der Waals surface area contributed by atoms with E-state index < -0.39 is 0 Å². The van der Waals surface area contributed by atoms with Gasteiger partial charge in [0.15, 0.2) is 5.82 Å². The molecule has 0 aliphatic rings. The van der Waals surface area contributed by atoms with Crippen molar-refractivity contribution in [1.29, 1.82) is 0 Å². The van der Waals surface area contributed by atoms with E-state index in [-0.39, 0.29) is 0 Å². The molecule has 0 saturated heterocycles. The van der Waals surface area contributed by atoms with Crippen LogP contribution in [0.2, 0.25) is 0 Å². The zero-order chi connectivity index (χ0) is 38.6. The Kier molecular flexibility index (Phi) is 6.72. The van der Waals surface area contributed by atoms with Gasteiger partial charge in [0.1, 0.15) is 11.2 Å². The summed E-state index contributed by atoms with van der Waals surface area (Å²) in [6.45, 7) is 0. The van der Waals surface area contributed by atoms with Crippen molar-refractivity contribution in [3.63, 3.8) is 0 Å². The van der Waals surface area contributed by atoms with E-state index >= 15 is 0 Å². The molecule has 11 aromatic carbocycles. The molecule has 2 heterocycles. The average molecular weight is 749 g/mol. The van der Waals surface area contributed by atoms with Crippen LogP contribution in [0.5, 0.6) is 0 Å². The summed E-state index contributed by atoms with van der Waals surface area (Å²) < 4.78 is 6.28. The zero-order valence-electron chi connectivity index (χ0n) is 31.8. The molecule has 13 rings (SSSR count). The standard InChI is InChI=1S/C56H32N2O/c1-2-11-36(12-3-1)56-57-47(38-17-6-16-37(29-38)41-19-10-24-50-55(41)45-18-4-5-23-49(45)59-50)32-48(58-56)40-30-39-28-27-35-14-8-21-43-42-20-7-13-33-25-26-34-15-9-22-44(53(34)51(33)42)46(31-40)54(39)52(35)43/h1-32H. The molecule has 0 atom stereocenters. The minimum atomic E-state index is 0.691. The summed E-state index contributed by atoms with van der Waals surface area (Å²) in [6, 6.07) is 69.8. The molecule has 3 heteroatoms. The SMILES string of the molecule is c1ccc(-c2nc(-c3cccc(-c4cccc5oc6ccccc6c45)c3)cc(-c3cc4ccc5cccc6c7cccc8ccc9cccc(c(c3)c4c56)c9c87)n2)cc1. The van der Waals surface area contributed by atoms with Gasteiger partial charge in [-0.05, 0) is 112 Å². The molecule has 0 saturated carbocycles. The first-order valence-corrected chi connectivity index (χ1v) is 20.1. The van der Waals surface area contributed by atoms with E-state index in [2.05, 4.69) is 176 Å². The smallest absolute Gasteiger partial charge is 0.160 e. The van der Waals surface area contributed by atoms with Gasteiger partial charge in [-0.25, -0.2) is 9.97 Å². The summed E-state index contributed by atoms with van der Waals surface area (Å²) in [6.07, 6.45) is 0. The maximum absolute atomic E-state index is 6.28. The van der Waals surface area contributed by atoms with Crippen LogP contribution in [0.1, 0.15) is 0 Å². The Morgan fingerprint density at radius 3 is 1.54 bits per heavy atom. The molecular formula is C56H32N2O. The van der Waals surface area contributed by atoms with Crippen molar-refractivity contribution in [1.82, 2.24) is 9.97 Å². The van der Waals surface area contributed by atoms with Crippen molar-refractivity contribution in [3.05, 3.63) is 194 Å². The molecule has 0 bridgehead atoms. The first kappa shape index (κ1) is 32.2. The van der Waals surface area contributed by atoms with Crippen LogP contribution >= 0.6 is 0 Å². The van der Waals surface area contributed by atoms with Gasteiger partial charge in [0, 0.05) is 27.5 Å². The van der Waals surface area contributed by atoms with Crippen molar-refractivity contribution >= 4 is 86.6 Å². The molecule has 272 valence electrons. The molecule has 0 radical (unpaired) electrons. The minimum absolute atomic E-state index is 0.691. The lowest BCUT2D eigenvalue weighted by molar-refractivity contribution is 0.669. The van der Waals surface area contributed by atoms with Gasteiger partial charge < -0.3 is 4.42 Å².